The topological polar surface area (TPSA) is 186 Å². The monoisotopic (exact) mass is 833 g/mol. The molecule has 0 aliphatic carbocycles. The van der Waals surface area contributed by atoms with E-state index in [4.69, 9.17) is 18.9 Å². The molecule has 0 aromatic rings. The van der Waals surface area contributed by atoms with Gasteiger partial charge in [0.15, 0.2) is 12.4 Å². The molecule has 1 aliphatic rings. The molecule has 1 aliphatic heterocycles. The summed E-state index contributed by atoms with van der Waals surface area (Å²) in [5.74, 6) is -1.99. The fraction of sp³-hybridized carbons (Fsp3) is 0.864. The van der Waals surface area contributed by atoms with Crippen molar-refractivity contribution in [3.8, 4) is 0 Å². The summed E-state index contributed by atoms with van der Waals surface area (Å²) in [6, 6.07) is 0. The number of hydrogen-bond donors (Lipinski definition) is 4. The maximum absolute atomic E-state index is 12.8. The maximum Gasteiger partial charge on any atom is 0.306 e. The molecule has 6 atom stereocenters. The number of esters is 2. The largest absolute Gasteiger partial charge is 0.462 e. The van der Waals surface area contributed by atoms with Crippen molar-refractivity contribution >= 4 is 22.1 Å². The molecule has 0 radical (unpaired) electrons. The molecular formula is C44H80O12S. The predicted octanol–water partition coefficient (Wildman–Crippen LogP) is 8.84. The number of carbonyl (C=O) groups is 2. The summed E-state index contributed by atoms with van der Waals surface area (Å²) in [5.41, 5.74) is 0. The molecule has 1 rings (SSSR count). The molecule has 1 fully saturated rings. The Labute approximate surface area is 345 Å². The van der Waals surface area contributed by atoms with E-state index in [-0.39, 0.29) is 19.4 Å². The average Bonchev–Trinajstić information content (AvgIpc) is 3.17. The molecule has 0 bridgehead atoms. The first kappa shape index (κ1) is 53.1. The first-order valence-corrected chi connectivity index (χ1v) is 24.0. The third kappa shape index (κ3) is 29.9. The Bertz CT molecular complexity index is 1160. The third-order valence-electron chi connectivity index (χ3n) is 10.3. The number of rotatable bonds is 37. The van der Waals surface area contributed by atoms with E-state index in [0.29, 0.717) is 12.8 Å². The Balaban J connectivity index is 2.46. The van der Waals surface area contributed by atoms with E-state index in [9.17, 15) is 37.9 Å². The summed E-state index contributed by atoms with van der Waals surface area (Å²) in [6.45, 7) is 3.71. The Morgan fingerprint density at radius 3 is 1.51 bits per heavy atom. The summed E-state index contributed by atoms with van der Waals surface area (Å²) in [7, 11) is -4.60. The average molecular weight is 833 g/mol. The maximum atomic E-state index is 12.8. The molecule has 334 valence electrons. The van der Waals surface area contributed by atoms with Crippen LogP contribution in [0, 0.1) is 0 Å². The van der Waals surface area contributed by atoms with Gasteiger partial charge in [0, 0.05) is 12.8 Å². The lowest BCUT2D eigenvalue weighted by molar-refractivity contribution is -0.297. The summed E-state index contributed by atoms with van der Waals surface area (Å²) in [4.78, 5) is 25.4. The van der Waals surface area contributed by atoms with Gasteiger partial charge in [-0.25, -0.2) is 0 Å². The molecule has 1 saturated heterocycles. The van der Waals surface area contributed by atoms with Crippen LogP contribution in [0.2, 0.25) is 0 Å². The first-order chi connectivity index (χ1) is 27.5. The van der Waals surface area contributed by atoms with Crippen LogP contribution in [0.25, 0.3) is 0 Å². The number of allylic oxidation sites excluding steroid dienone is 4. The SMILES string of the molecule is CCCC/C=C/CCCCCCCCCCCC(=O)OC[C@H](CO[C@H]1O[C@H](CS(=O)(=O)O)[C@@H](O)C(O)C1O)OC(=O)CCCCCCC/C=C/CCCCCCC. The van der Waals surface area contributed by atoms with Crippen molar-refractivity contribution in [1.82, 2.24) is 0 Å². The van der Waals surface area contributed by atoms with Crippen LogP contribution in [0.3, 0.4) is 0 Å². The summed E-state index contributed by atoms with van der Waals surface area (Å²) in [5, 5.41) is 30.8. The molecule has 0 aromatic heterocycles. The van der Waals surface area contributed by atoms with Crippen LogP contribution in [0.4, 0.5) is 0 Å². The van der Waals surface area contributed by atoms with Gasteiger partial charge < -0.3 is 34.3 Å². The van der Waals surface area contributed by atoms with Crippen LogP contribution in [0.1, 0.15) is 187 Å². The van der Waals surface area contributed by atoms with Gasteiger partial charge in [-0.1, -0.05) is 141 Å². The van der Waals surface area contributed by atoms with E-state index in [1.165, 1.54) is 89.9 Å². The molecule has 57 heavy (non-hydrogen) atoms. The lowest BCUT2D eigenvalue weighted by Crippen LogP contribution is -2.60. The minimum absolute atomic E-state index is 0.155. The minimum atomic E-state index is -4.60. The van der Waals surface area contributed by atoms with Crippen LogP contribution in [0.5, 0.6) is 0 Å². The lowest BCUT2D eigenvalue weighted by Gasteiger charge is -2.40. The molecule has 0 aromatic carbocycles. The zero-order valence-corrected chi connectivity index (χ0v) is 36.3. The Hall–Kier alpha value is -1.87. The number of aliphatic hydroxyl groups excluding tert-OH is 3. The lowest BCUT2D eigenvalue weighted by atomic mass is 10.00. The van der Waals surface area contributed by atoms with Gasteiger partial charge in [0.2, 0.25) is 0 Å². The van der Waals surface area contributed by atoms with E-state index in [1.807, 2.05) is 0 Å². The highest BCUT2D eigenvalue weighted by molar-refractivity contribution is 7.85. The molecule has 0 amide bonds. The van der Waals surface area contributed by atoms with Crippen LogP contribution in [0.15, 0.2) is 24.3 Å². The van der Waals surface area contributed by atoms with E-state index >= 15 is 0 Å². The van der Waals surface area contributed by atoms with Gasteiger partial charge in [-0.15, -0.1) is 0 Å². The normalized spacial score (nSPS) is 20.7. The second-order valence-electron chi connectivity index (χ2n) is 15.7. The number of ether oxygens (including phenoxy) is 4. The quantitative estimate of drug-likeness (QED) is 0.0202. The third-order valence-corrected chi connectivity index (χ3v) is 11.0. The fourth-order valence-electron chi connectivity index (χ4n) is 6.71. The van der Waals surface area contributed by atoms with Crippen molar-refractivity contribution in [2.75, 3.05) is 19.0 Å². The van der Waals surface area contributed by atoms with Gasteiger partial charge in [-0.2, -0.15) is 8.42 Å². The van der Waals surface area contributed by atoms with Crippen LogP contribution < -0.4 is 0 Å². The van der Waals surface area contributed by atoms with Gasteiger partial charge in [-0.05, 0) is 57.8 Å². The van der Waals surface area contributed by atoms with E-state index in [0.717, 1.165) is 57.8 Å². The minimum Gasteiger partial charge on any atom is -0.462 e. The molecule has 1 heterocycles. The second kappa shape index (κ2) is 34.9. The van der Waals surface area contributed by atoms with Crippen LogP contribution >= 0.6 is 0 Å². The van der Waals surface area contributed by atoms with Crippen molar-refractivity contribution in [2.24, 2.45) is 0 Å². The number of hydrogen-bond acceptors (Lipinski definition) is 11. The molecule has 12 nitrogen and oxygen atoms in total. The zero-order valence-electron chi connectivity index (χ0n) is 35.4. The molecular weight excluding hydrogens is 753 g/mol. The Morgan fingerprint density at radius 2 is 1.02 bits per heavy atom. The molecule has 4 N–H and O–H groups in total. The fourth-order valence-corrected chi connectivity index (χ4v) is 7.40. The van der Waals surface area contributed by atoms with Crippen molar-refractivity contribution in [2.45, 2.75) is 224 Å². The van der Waals surface area contributed by atoms with Crippen LogP contribution in [-0.4, -0.2) is 96.0 Å². The van der Waals surface area contributed by atoms with Crippen LogP contribution in [-0.2, 0) is 38.7 Å². The smallest absolute Gasteiger partial charge is 0.306 e. The van der Waals surface area contributed by atoms with Gasteiger partial charge >= 0.3 is 11.9 Å². The van der Waals surface area contributed by atoms with Gasteiger partial charge in [0.25, 0.3) is 10.1 Å². The molecule has 0 saturated carbocycles. The highest BCUT2D eigenvalue weighted by Crippen LogP contribution is 2.24. The second-order valence-corrected chi connectivity index (χ2v) is 17.2. The summed E-state index contributed by atoms with van der Waals surface area (Å²) in [6.07, 6.45) is 27.9. The summed E-state index contributed by atoms with van der Waals surface area (Å²) >= 11 is 0. The predicted molar refractivity (Wildman–Crippen MR) is 224 cm³/mol. The molecule has 13 heteroatoms. The highest BCUT2D eigenvalue weighted by atomic mass is 32.2. The summed E-state index contributed by atoms with van der Waals surface area (Å²) < 4.78 is 54.0. The van der Waals surface area contributed by atoms with E-state index < -0.39 is 71.2 Å². The van der Waals surface area contributed by atoms with Crippen molar-refractivity contribution in [3.05, 3.63) is 24.3 Å². The van der Waals surface area contributed by atoms with Crippen molar-refractivity contribution < 1.29 is 56.8 Å². The van der Waals surface area contributed by atoms with Crippen molar-refractivity contribution in [1.29, 1.82) is 0 Å². The van der Waals surface area contributed by atoms with Gasteiger partial charge in [-0.3, -0.25) is 14.1 Å². The zero-order chi connectivity index (χ0) is 42.0. The first-order valence-electron chi connectivity index (χ1n) is 22.4. The number of unbranched alkanes of at least 4 members (excludes halogenated alkanes) is 21. The number of carbonyl (C=O) groups excluding carboxylic acids is 2. The Kier molecular flexibility index (Phi) is 32.6. The van der Waals surface area contributed by atoms with Gasteiger partial charge in [0.05, 0.1) is 6.61 Å². The molecule has 0 spiro atoms. The Morgan fingerprint density at radius 1 is 0.579 bits per heavy atom. The van der Waals surface area contributed by atoms with E-state index in [1.54, 1.807) is 0 Å². The highest BCUT2D eigenvalue weighted by Gasteiger charge is 2.46. The number of aliphatic hydroxyl groups is 3. The van der Waals surface area contributed by atoms with Crippen molar-refractivity contribution in [3.63, 3.8) is 0 Å². The van der Waals surface area contributed by atoms with Gasteiger partial charge in [0.1, 0.15) is 36.8 Å². The van der Waals surface area contributed by atoms with E-state index in [2.05, 4.69) is 38.2 Å². The standard InChI is InChI=1S/C44H80O12S/c1-3-5-7-9-11-13-15-17-19-21-22-24-26-28-30-32-39(45)53-34-37(35-54-44-43(49)42(48)41(47)38(56-44)36-57(50,51)52)55-40(46)33-31-29-27-25-23-20-18-16-14-12-10-8-6-4-2/h9,11,16,18,37-38,41-44,47-49H,3-8,10,12-15,17,19-36H2,1-2H3,(H,50,51,52)/b11-9+,18-16+/t37-,38-,41-,42?,43?,44+/m1/s1. The molecule has 2 unspecified atom stereocenters.